The Hall–Kier alpha value is -3.54. The van der Waals surface area contributed by atoms with E-state index in [2.05, 4.69) is 11.4 Å². The minimum absolute atomic E-state index is 0.00439. The first kappa shape index (κ1) is 26.1. The highest BCUT2D eigenvalue weighted by molar-refractivity contribution is 6.04. The number of carbonyl (C=O) groups is 2. The van der Waals surface area contributed by atoms with Gasteiger partial charge in [0.15, 0.2) is 17.3 Å². The van der Waals surface area contributed by atoms with Gasteiger partial charge in [-0.05, 0) is 75.1 Å². The van der Waals surface area contributed by atoms with Crippen LogP contribution in [0.4, 0.5) is 0 Å². The minimum atomic E-state index is -0.443. The number of aryl methyl sites for hydroxylation is 1. The first-order chi connectivity index (χ1) is 18.4. The number of rotatable bonds is 6. The second-order valence-corrected chi connectivity index (χ2v) is 10.7. The molecule has 0 saturated heterocycles. The molecule has 38 heavy (non-hydrogen) atoms. The summed E-state index contributed by atoms with van der Waals surface area (Å²) in [6.45, 7) is 3.96. The Kier molecular flexibility index (Phi) is 7.59. The summed E-state index contributed by atoms with van der Waals surface area (Å²) in [5, 5.41) is 3.46. The molecule has 3 aliphatic rings. The number of hydrogen-bond acceptors (Lipinski definition) is 6. The second kappa shape index (κ2) is 11.1. The predicted octanol–water partition coefficient (Wildman–Crippen LogP) is 6.25. The lowest BCUT2D eigenvalue weighted by molar-refractivity contribution is -0.146. The smallest absolute Gasteiger partial charge is 0.337 e. The Labute approximate surface area is 225 Å². The molecule has 2 aromatic rings. The number of carbonyl (C=O) groups excluding carboxylic acids is 2. The van der Waals surface area contributed by atoms with Crippen LogP contribution in [0, 0.1) is 6.92 Å². The number of ketones is 1. The van der Waals surface area contributed by atoms with Crippen molar-refractivity contribution in [3.63, 3.8) is 0 Å². The van der Waals surface area contributed by atoms with Gasteiger partial charge in [-0.25, -0.2) is 4.79 Å². The molecule has 0 aromatic heterocycles. The number of Topliss-reactive ketones (excluding diaryl/α,β-unsaturated/α-hetero) is 1. The van der Waals surface area contributed by atoms with E-state index >= 15 is 0 Å². The van der Waals surface area contributed by atoms with Crippen molar-refractivity contribution < 1.29 is 23.8 Å². The van der Waals surface area contributed by atoms with E-state index in [1.54, 1.807) is 14.2 Å². The lowest BCUT2D eigenvalue weighted by Crippen LogP contribution is -2.37. The normalized spacial score (nSPS) is 22.1. The Bertz CT molecular complexity index is 1300. The van der Waals surface area contributed by atoms with E-state index in [1.807, 2.05) is 50.2 Å². The first-order valence-corrected chi connectivity index (χ1v) is 13.6. The molecule has 0 amide bonds. The van der Waals surface area contributed by atoms with Crippen LogP contribution < -0.4 is 14.8 Å². The van der Waals surface area contributed by atoms with Crippen molar-refractivity contribution in [2.75, 3.05) is 14.2 Å². The monoisotopic (exact) mass is 515 g/mol. The van der Waals surface area contributed by atoms with Crippen LogP contribution in [0.15, 0.2) is 65.0 Å². The minimum Gasteiger partial charge on any atom is -0.493 e. The zero-order valence-corrected chi connectivity index (χ0v) is 22.8. The highest BCUT2D eigenvalue weighted by Crippen LogP contribution is 2.46. The standard InChI is InChI=1S/C32H37NO5/c1-19-9-8-10-22(15-19)30-29(32(35)38-24-11-6-5-7-12-24)20(2)33-25-16-23(17-26(34)31(25)30)21-13-14-27(36-3)28(18-21)37-4/h8-10,13-15,18,23-24,30,33H,5-7,11-12,16-17H2,1-4H3/t23-,30-/m0/s1. The van der Waals surface area contributed by atoms with Crippen molar-refractivity contribution in [3.05, 3.63) is 81.7 Å². The third-order valence-electron chi connectivity index (χ3n) is 8.13. The van der Waals surface area contributed by atoms with Gasteiger partial charge in [-0.3, -0.25) is 4.79 Å². The largest absolute Gasteiger partial charge is 0.493 e. The molecule has 0 spiro atoms. The topological polar surface area (TPSA) is 73.9 Å². The van der Waals surface area contributed by atoms with Crippen molar-refractivity contribution in [3.8, 4) is 11.5 Å². The summed E-state index contributed by atoms with van der Waals surface area (Å²) in [5.74, 6) is 0.607. The maximum Gasteiger partial charge on any atom is 0.337 e. The average Bonchev–Trinajstić information content (AvgIpc) is 2.92. The summed E-state index contributed by atoms with van der Waals surface area (Å²) >= 11 is 0. The number of hydrogen-bond donors (Lipinski definition) is 1. The SMILES string of the molecule is COc1ccc([C@@H]2CC(=O)C3=C(C2)NC(C)=C(C(=O)OC2CCCCC2)[C@@H]3c2cccc(C)c2)cc1OC. The van der Waals surface area contributed by atoms with Gasteiger partial charge in [-0.15, -0.1) is 0 Å². The lowest BCUT2D eigenvalue weighted by atomic mass is 9.71. The van der Waals surface area contributed by atoms with Crippen LogP contribution in [0.3, 0.4) is 0 Å². The number of allylic oxidation sites excluding steroid dienone is 3. The van der Waals surface area contributed by atoms with Crippen molar-refractivity contribution in [2.45, 2.75) is 76.7 Å². The highest BCUT2D eigenvalue weighted by atomic mass is 16.5. The van der Waals surface area contributed by atoms with Crippen molar-refractivity contribution in [2.24, 2.45) is 0 Å². The fourth-order valence-corrected chi connectivity index (χ4v) is 6.23. The third kappa shape index (κ3) is 5.09. The van der Waals surface area contributed by atoms with E-state index in [1.165, 1.54) is 6.42 Å². The molecule has 0 unspecified atom stereocenters. The summed E-state index contributed by atoms with van der Waals surface area (Å²) in [6.07, 6.45) is 6.14. The molecule has 2 aliphatic carbocycles. The fourth-order valence-electron chi connectivity index (χ4n) is 6.23. The van der Waals surface area contributed by atoms with Gasteiger partial charge < -0.3 is 19.5 Å². The number of dihydropyridines is 1. The Balaban J connectivity index is 1.51. The molecular weight excluding hydrogens is 478 g/mol. The highest BCUT2D eigenvalue weighted by Gasteiger charge is 2.42. The van der Waals surface area contributed by atoms with E-state index in [0.29, 0.717) is 35.5 Å². The Morgan fingerprint density at radius 3 is 2.37 bits per heavy atom. The lowest BCUT2D eigenvalue weighted by Gasteiger charge is -2.37. The van der Waals surface area contributed by atoms with Crippen LogP contribution in [0.2, 0.25) is 0 Å². The molecule has 1 N–H and O–H groups in total. The van der Waals surface area contributed by atoms with Crippen LogP contribution in [-0.2, 0) is 14.3 Å². The van der Waals surface area contributed by atoms with Gasteiger partial charge in [0.1, 0.15) is 6.10 Å². The van der Waals surface area contributed by atoms with Gasteiger partial charge in [0.05, 0.1) is 19.8 Å². The van der Waals surface area contributed by atoms with Crippen LogP contribution >= 0.6 is 0 Å². The van der Waals surface area contributed by atoms with Crippen molar-refractivity contribution in [1.29, 1.82) is 0 Å². The van der Waals surface area contributed by atoms with Gasteiger partial charge in [0, 0.05) is 29.3 Å². The number of methoxy groups -OCH3 is 2. The van der Waals surface area contributed by atoms with E-state index in [0.717, 1.165) is 53.8 Å². The molecule has 0 bridgehead atoms. The number of esters is 1. The van der Waals surface area contributed by atoms with E-state index in [-0.39, 0.29) is 23.8 Å². The molecule has 1 saturated carbocycles. The van der Waals surface area contributed by atoms with E-state index in [4.69, 9.17) is 14.2 Å². The summed E-state index contributed by atoms with van der Waals surface area (Å²) < 4.78 is 16.9. The zero-order valence-electron chi connectivity index (χ0n) is 22.8. The van der Waals surface area contributed by atoms with Crippen LogP contribution in [-0.4, -0.2) is 32.1 Å². The van der Waals surface area contributed by atoms with E-state index in [9.17, 15) is 9.59 Å². The third-order valence-corrected chi connectivity index (χ3v) is 8.13. The molecule has 6 nitrogen and oxygen atoms in total. The molecule has 5 rings (SSSR count). The summed E-state index contributed by atoms with van der Waals surface area (Å²) in [6, 6.07) is 14.0. The van der Waals surface area contributed by atoms with Gasteiger partial charge >= 0.3 is 5.97 Å². The van der Waals surface area contributed by atoms with Crippen LogP contribution in [0.1, 0.15) is 80.4 Å². The molecule has 1 aliphatic heterocycles. The molecule has 6 heteroatoms. The second-order valence-electron chi connectivity index (χ2n) is 10.7. The van der Waals surface area contributed by atoms with Crippen LogP contribution in [0.25, 0.3) is 0 Å². The Morgan fingerprint density at radius 1 is 0.895 bits per heavy atom. The van der Waals surface area contributed by atoms with Gasteiger partial charge in [0.2, 0.25) is 0 Å². The fraction of sp³-hybridized carbons (Fsp3) is 0.438. The quantitative estimate of drug-likeness (QED) is 0.459. The maximum atomic E-state index is 13.9. The van der Waals surface area contributed by atoms with Crippen molar-refractivity contribution in [1.82, 2.24) is 5.32 Å². The van der Waals surface area contributed by atoms with Gasteiger partial charge in [-0.1, -0.05) is 42.3 Å². The van der Waals surface area contributed by atoms with Crippen LogP contribution in [0.5, 0.6) is 11.5 Å². The average molecular weight is 516 g/mol. The summed E-state index contributed by atoms with van der Waals surface area (Å²) in [4.78, 5) is 27.6. The predicted molar refractivity (Wildman–Crippen MR) is 146 cm³/mol. The molecule has 1 heterocycles. The molecular formula is C32H37NO5. The Morgan fingerprint density at radius 2 is 1.66 bits per heavy atom. The summed E-state index contributed by atoms with van der Waals surface area (Å²) in [7, 11) is 3.23. The summed E-state index contributed by atoms with van der Waals surface area (Å²) in [5.41, 5.74) is 5.96. The number of ether oxygens (including phenoxy) is 3. The molecule has 200 valence electrons. The van der Waals surface area contributed by atoms with E-state index < -0.39 is 5.92 Å². The molecule has 2 atom stereocenters. The molecule has 2 aromatic carbocycles. The van der Waals surface area contributed by atoms with Gasteiger partial charge in [0.25, 0.3) is 0 Å². The molecule has 1 fully saturated rings. The first-order valence-electron chi connectivity index (χ1n) is 13.6. The maximum absolute atomic E-state index is 13.9. The number of nitrogens with one attached hydrogen (secondary N) is 1. The van der Waals surface area contributed by atoms with Gasteiger partial charge in [-0.2, -0.15) is 0 Å². The zero-order chi connectivity index (χ0) is 26.8. The number of benzene rings is 2. The van der Waals surface area contributed by atoms with Crippen molar-refractivity contribution >= 4 is 11.8 Å². The molecule has 0 radical (unpaired) electrons.